The first-order chi connectivity index (χ1) is 6.27. The summed E-state index contributed by atoms with van der Waals surface area (Å²) in [6.07, 6.45) is 3.34. The van der Waals surface area contributed by atoms with Crippen LogP contribution >= 0.6 is 0 Å². The second-order valence-corrected chi connectivity index (χ2v) is 2.35. The van der Waals surface area contributed by atoms with Gasteiger partial charge in [-0.2, -0.15) is 0 Å². The lowest BCUT2D eigenvalue weighted by Crippen LogP contribution is -2.12. The van der Waals surface area contributed by atoms with Crippen molar-refractivity contribution in [1.82, 2.24) is 0 Å². The Balaban J connectivity index is 2.71. The summed E-state index contributed by atoms with van der Waals surface area (Å²) in [4.78, 5) is 18.6. The number of ether oxygens (including phenoxy) is 1. The zero-order valence-electron chi connectivity index (χ0n) is 7.23. The number of carbonyl (C=O) groups excluding carboxylic acids is 1. The summed E-state index contributed by atoms with van der Waals surface area (Å²) in [6.45, 7) is -0.318. The third-order valence-corrected chi connectivity index (χ3v) is 1.55. The Bertz CT molecular complexity index is 292. The van der Waals surface area contributed by atoms with Crippen molar-refractivity contribution < 1.29 is 14.6 Å². The predicted molar refractivity (Wildman–Crippen MR) is 47.7 cm³/mol. The van der Waals surface area contributed by atoms with Crippen LogP contribution in [0.15, 0.2) is 21.6 Å². The van der Waals surface area contributed by atoms with Crippen LogP contribution in [0.5, 0.6) is 0 Å². The van der Waals surface area contributed by atoms with Gasteiger partial charge in [0.25, 0.3) is 0 Å². The Morgan fingerprint density at radius 3 is 3.23 bits per heavy atom. The van der Waals surface area contributed by atoms with Crippen molar-refractivity contribution in [2.75, 3.05) is 13.8 Å². The van der Waals surface area contributed by atoms with Gasteiger partial charge in [-0.1, -0.05) is 0 Å². The van der Waals surface area contributed by atoms with Crippen LogP contribution in [0.4, 0.5) is 0 Å². The molecule has 0 aliphatic carbocycles. The first kappa shape index (κ1) is 9.60. The molecule has 0 amide bonds. The summed E-state index contributed by atoms with van der Waals surface area (Å²) in [7, 11) is 1.32. The molecule has 0 bridgehead atoms. The Morgan fingerprint density at radius 1 is 1.85 bits per heavy atom. The number of carbonyl (C=O) groups is 1. The number of amidine groups is 1. The summed E-state index contributed by atoms with van der Waals surface area (Å²) < 4.78 is 4.53. The number of dihydropyridines is 1. The quantitative estimate of drug-likeness (QED) is 0.606. The number of nitrogens with zero attached hydrogens (tertiary/aromatic N) is 2. The predicted octanol–water partition coefficient (Wildman–Crippen LogP) is -0.0914. The molecule has 1 aliphatic rings. The van der Waals surface area contributed by atoms with Crippen molar-refractivity contribution in [2.45, 2.75) is 6.42 Å². The van der Waals surface area contributed by atoms with Gasteiger partial charge in [-0.15, -0.1) is 0 Å². The minimum atomic E-state index is -0.392. The Kier molecular flexibility index (Phi) is 3.33. The fourth-order valence-electron chi connectivity index (χ4n) is 0.938. The second-order valence-electron chi connectivity index (χ2n) is 2.35. The molecule has 0 unspecified atom stereocenters. The van der Waals surface area contributed by atoms with Crippen LogP contribution in [0.3, 0.4) is 0 Å². The molecule has 0 aromatic carbocycles. The number of aliphatic hydroxyl groups excluding tert-OH is 1. The molecule has 5 nitrogen and oxygen atoms in total. The highest BCUT2D eigenvalue weighted by molar-refractivity contribution is 6.06. The highest BCUT2D eigenvalue weighted by Crippen LogP contribution is 2.09. The van der Waals surface area contributed by atoms with Gasteiger partial charge in [0.15, 0.2) is 0 Å². The molecule has 5 heteroatoms. The largest absolute Gasteiger partial charge is 0.466 e. The van der Waals surface area contributed by atoms with Gasteiger partial charge in [0.1, 0.15) is 12.6 Å². The van der Waals surface area contributed by atoms with E-state index in [1.165, 1.54) is 13.3 Å². The summed E-state index contributed by atoms with van der Waals surface area (Å²) in [5.41, 5.74) is 0.490. The van der Waals surface area contributed by atoms with E-state index in [0.717, 1.165) is 0 Å². The Labute approximate surface area is 75.5 Å². The highest BCUT2D eigenvalue weighted by Gasteiger charge is 2.14. The topological polar surface area (TPSA) is 71.2 Å². The molecule has 0 radical (unpaired) electrons. The van der Waals surface area contributed by atoms with Crippen LogP contribution in [0, 0.1) is 0 Å². The number of aliphatic imine (C=N–C) groups is 2. The van der Waals surface area contributed by atoms with Crippen molar-refractivity contribution in [3.05, 3.63) is 11.6 Å². The Morgan fingerprint density at radius 2 is 2.62 bits per heavy atom. The molecule has 0 atom stereocenters. The highest BCUT2D eigenvalue weighted by atomic mass is 16.5. The summed E-state index contributed by atoms with van der Waals surface area (Å²) in [6, 6.07) is 0. The molecular formula is C8H10N2O3. The SMILES string of the molecule is COC(=O)C1=CC=NC(=NCO)C1. The molecule has 0 saturated carbocycles. The van der Waals surface area contributed by atoms with E-state index in [9.17, 15) is 4.79 Å². The van der Waals surface area contributed by atoms with Gasteiger partial charge >= 0.3 is 5.97 Å². The fraction of sp³-hybridized carbons (Fsp3) is 0.375. The number of methoxy groups -OCH3 is 1. The van der Waals surface area contributed by atoms with Crippen molar-refractivity contribution in [2.24, 2.45) is 9.98 Å². The van der Waals surface area contributed by atoms with Crippen LogP contribution in [0.2, 0.25) is 0 Å². The molecule has 1 N–H and O–H groups in total. The summed E-state index contributed by atoms with van der Waals surface area (Å²) in [5.74, 6) is 0.0437. The number of hydrogen-bond donors (Lipinski definition) is 1. The van der Waals surface area contributed by atoms with Crippen molar-refractivity contribution >= 4 is 18.0 Å². The maximum atomic E-state index is 11.0. The lowest BCUT2D eigenvalue weighted by atomic mass is 10.1. The molecular weight excluding hydrogens is 172 g/mol. The van der Waals surface area contributed by atoms with Crippen LogP contribution in [-0.4, -0.2) is 37.0 Å². The lowest BCUT2D eigenvalue weighted by molar-refractivity contribution is -0.136. The van der Waals surface area contributed by atoms with E-state index in [0.29, 0.717) is 17.8 Å². The number of allylic oxidation sites excluding steroid dienone is 1. The third-order valence-electron chi connectivity index (χ3n) is 1.55. The van der Waals surface area contributed by atoms with Gasteiger partial charge in [-0.05, 0) is 6.08 Å². The van der Waals surface area contributed by atoms with Gasteiger partial charge in [0.2, 0.25) is 0 Å². The van der Waals surface area contributed by atoms with Crippen molar-refractivity contribution in [1.29, 1.82) is 0 Å². The van der Waals surface area contributed by atoms with E-state index in [-0.39, 0.29) is 6.73 Å². The Hall–Kier alpha value is -1.49. The van der Waals surface area contributed by atoms with Gasteiger partial charge < -0.3 is 9.84 Å². The molecule has 1 rings (SSSR count). The smallest absolute Gasteiger partial charge is 0.334 e. The standard InChI is InChI=1S/C8H10N2O3/c1-13-8(12)6-2-3-9-7(4-6)10-5-11/h2-3,11H,4-5H2,1H3. The van der Waals surface area contributed by atoms with Gasteiger partial charge in [-0.3, -0.25) is 0 Å². The van der Waals surface area contributed by atoms with Crippen LogP contribution in [0.1, 0.15) is 6.42 Å². The molecule has 0 aromatic heterocycles. The average Bonchev–Trinajstić information content (AvgIpc) is 2.18. The van der Waals surface area contributed by atoms with Gasteiger partial charge in [-0.25, -0.2) is 14.8 Å². The zero-order valence-corrected chi connectivity index (χ0v) is 7.23. The molecule has 0 aromatic rings. The minimum absolute atomic E-state index is 0.309. The van der Waals surface area contributed by atoms with Gasteiger partial charge in [0.05, 0.1) is 7.11 Å². The normalized spacial score (nSPS) is 18.6. The lowest BCUT2D eigenvalue weighted by Gasteiger charge is -2.07. The molecule has 13 heavy (non-hydrogen) atoms. The summed E-state index contributed by atoms with van der Waals surface area (Å²) in [5, 5.41) is 8.50. The molecule has 70 valence electrons. The number of rotatable bonds is 2. The first-order valence-corrected chi connectivity index (χ1v) is 3.73. The summed E-state index contributed by atoms with van der Waals surface area (Å²) >= 11 is 0. The maximum Gasteiger partial charge on any atom is 0.334 e. The van der Waals surface area contributed by atoms with E-state index in [1.54, 1.807) is 6.08 Å². The monoisotopic (exact) mass is 182 g/mol. The van der Waals surface area contributed by atoms with E-state index in [4.69, 9.17) is 5.11 Å². The van der Waals surface area contributed by atoms with Crippen LogP contribution < -0.4 is 0 Å². The number of aliphatic hydroxyl groups is 1. The second kappa shape index (κ2) is 4.51. The minimum Gasteiger partial charge on any atom is -0.466 e. The number of esters is 1. The first-order valence-electron chi connectivity index (χ1n) is 3.73. The molecule has 1 aliphatic heterocycles. The average molecular weight is 182 g/mol. The molecule has 0 spiro atoms. The zero-order chi connectivity index (χ0) is 9.68. The van der Waals surface area contributed by atoms with Crippen molar-refractivity contribution in [3.8, 4) is 0 Å². The number of hydrogen-bond acceptors (Lipinski definition) is 4. The van der Waals surface area contributed by atoms with E-state index in [1.807, 2.05) is 0 Å². The molecule has 0 saturated heterocycles. The van der Waals surface area contributed by atoms with Crippen LogP contribution in [-0.2, 0) is 9.53 Å². The maximum absolute atomic E-state index is 11.0. The van der Waals surface area contributed by atoms with Gasteiger partial charge in [0, 0.05) is 18.2 Å². The van der Waals surface area contributed by atoms with E-state index >= 15 is 0 Å². The van der Waals surface area contributed by atoms with Crippen LogP contribution in [0.25, 0.3) is 0 Å². The van der Waals surface area contributed by atoms with E-state index in [2.05, 4.69) is 14.7 Å². The van der Waals surface area contributed by atoms with Crippen molar-refractivity contribution in [3.63, 3.8) is 0 Å². The molecule has 1 heterocycles. The van der Waals surface area contributed by atoms with E-state index < -0.39 is 5.97 Å². The molecule has 0 fully saturated rings. The third kappa shape index (κ3) is 2.48. The fourth-order valence-corrected chi connectivity index (χ4v) is 0.938.